The number of nitrogens with zero attached hydrogens (tertiary/aromatic N) is 6. The first-order valence-corrected chi connectivity index (χ1v) is 12.7. The lowest BCUT2D eigenvalue weighted by Gasteiger charge is -2.17. The lowest BCUT2D eigenvalue weighted by molar-refractivity contribution is -0.140. The second-order valence-corrected chi connectivity index (χ2v) is 10.1. The number of benzene rings is 1. The smallest absolute Gasteiger partial charge is 0.434 e. The van der Waals surface area contributed by atoms with Crippen molar-refractivity contribution in [1.29, 1.82) is 0 Å². The number of anilines is 1. The maximum absolute atomic E-state index is 15.1. The summed E-state index contributed by atoms with van der Waals surface area (Å²) in [6.07, 6.45) is 2.31. The van der Waals surface area contributed by atoms with Crippen LogP contribution in [0.4, 0.5) is 23.4 Å². The quantitative estimate of drug-likeness (QED) is 0.293. The Bertz CT molecular complexity index is 1600. The van der Waals surface area contributed by atoms with Gasteiger partial charge in [0.25, 0.3) is 0 Å². The van der Waals surface area contributed by atoms with E-state index in [4.69, 9.17) is 9.72 Å². The Morgan fingerprint density at radius 1 is 1.15 bits per heavy atom. The topological polar surface area (TPSA) is 111 Å². The van der Waals surface area contributed by atoms with Crippen molar-refractivity contribution in [2.45, 2.75) is 49.9 Å². The molecule has 1 aromatic carbocycles. The summed E-state index contributed by atoms with van der Waals surface area (Å²) in [6, 6.07) is 4.22. The molecule has 0 saturated heterocycles. The molecule has 2 fully saturated rings. The number of ether oxygens (including phenoxy) is 1. The molecule has 2 saturated carbocycles. The molecular weight excluding hydrogens is 530 g/mol. The second kappa shape index (κ2) is 9.51. The van der Waals surface area contributed by atoms with Gasteiger partial charge in [-0.1, -0.05) is 6.07 Å². The van der Waals surface area contributed by atoms with Gasteiger partial charge in [-0.2, -0.15) is 13.2 Å². The van der Waals surface area contributed by atoms with Gasteiger partial charge in [0.05, 0.1) is 24.0 Å². The SMILES string of the molecule is COc1ncnc(C2CC2)c1-c1ncc(C2(O)CC2)c(NCc2ccc(-c3nc(C(F)(F)F)cn3C)c(F)c2)n1. The molecule has 4 aromatic rings. The standard InChI is InChI=1S/C27H25F4N7O2/c1-38-12-19(27(29,30)31)36-24(38)16-6-3-14(9-18(16)28)10-32-22-17(26(39)7-8-26)11-33-23(37-22)20-21(15-4-5-15)34-13-35-25(20)40-2/h3,6,9,11-13,15,39H,4-5,7-8,10H2,1-2H3,(H,32,33,37). The van der Waals surface area contributed by atoms with E-state index in [1.165, 1.54) is 32.6 Å². The number of aliphatic hydroxyl groups is 1. The number of alkyl halides is 3. The summed E-state index contributed by atoms with van der Waals surface area (Å²) in [4.78, 5) is 21.5. The molecule has 40 heavy (non-hydrogen) atoms. The fourth-order valence-corrected chi connectivity index (χ4v) is 4.67. The number of methoxy groups -OCH3 is 1. The molecule has 0 unspecified atom stereocenters. The minimum atomic E-state index is -4.63. The van der Waals surface area contributed by atoms with Crippen LogP contribution in [0.1, 0.15) is 54.1 Å². The number of hydrogen-bond acceptors (Lipinski definition) is 8. The molecule has 3 heterocycles. The fourth-order valence-electron chi connectivity index (χ4n) is 4.67. The Morgan fingerprint density at radius 3 is 2.55 bits per heavy atom. The maximum atomic E-state index is 15.1. The minimum Gasteiger partial charge on any atom is -0.480 e. The van der Waals surface area contributed by atoms with Crippen molar-refractivity contribution in [3.05, 3.63) is 65.3 Å². The number of halogens is 4. The van der Waals surface area contributed by atoms with E-state index in [-0.39, 0.29) is 23.9 Å². The molecule has 0 radical (unpaired) electrons. The van der Waals surface area contributed by atoms with E-state index in [0.717, 1.165) is 29.3 Å². The molecule has 0 spiro atoms. The summed E-state index contributed by atoms with van der Waals surface area (Å²) in [5.74, 6) is 0.487. The lowest BCUT2D eigenvalue weighted by atomic mass is 10.1. The molecule has 2 N–H and O–H groups in total. The summed E-state index contributed by atoms with van der Waals surface area (Å²) < 4.78 is 60.9. The van der Waals surface area contributed by atoms with Crippen molar-refractivity contribution in [2.24, 2.45) is 7.05 Å². The molecule has 0 atom stereocenters. The molecule has 6 rings (SSSR count). The zero-order chi connectivity index (χ0) is 28.2. The van der Waals surface area contributed by atoms with Crippen LogP contribution in [0, 0.1) is 5.82 Å². The van der Waals surface area contributed by atoms with Gasteiger partial charge in [-0.15, -0.1) is 0 Å². The van der Waals surface area contributed by atoms with Crippen LogP contribution in [0.2, 0.25) is 0 Å². The predicted octanol–water partition coefficient (Wildman–Crippen LogP) is 4.97. The van der Waals surface area contributed by atoms with Crippen molar-refractivity contribution in [3.8, 4) is 28.7 Å². The minimum absolute atomic E-state index is 0.0529. The van der Waals surface area contributed by atoms with Crippen LogP contribution in [0.25, 0.3) is 22.8 Å². The van der Waals surface area contributed by atoms with Gasteiger partial charge in [0.1, 0.15) is 29.4 Å². The molecule has 2 aliphatic rings. The highest BCUT2D eigenvalue weighted by molar-refractivity contribution is 5.68. The van der Waals surface area contributed by atoms with Gasteiger partial charge in [0, 0.05) is 37.5 Å². The summed E-state index contributed by atoms with van der Waals surface area (Å²) in [5.41, 5.74) is 0.226. The van der Waals surface area contributed by atoms with Crippen molar-refractivity contribution < 1.29 is 27.4 Å². The Kier molecular flexibility index (Phi) is 6.21. The number of nitrogens with one attached hydrogen (secondary N) is 1. The van der Waals surface area contributed by atoms with Crippen LogP contribution in [0.5, 0.6) is 5.88 Å². The Hall–Kier alpha value is -4.13. The van der Waals surface area contributed by atoms with Crippen LogP contribution in [-0.2, 0) is 25.4 Å². The fraction of sp³-hybridized carbons (Fsp3) is 0.370. The zero-order valence-electron chi connectivity index (χ0n) is 21.6. The summed E-state index contributed by atoms with van der Waals surface area (Å²) in [6.45, 7) is 0.128. The number of hydrogen-bond donors (Lipinski definition) is 2. The van der Waals surface area contributed by atoms with E-state index in [2.05, 4.69) is 25.3 Å². The predicted molar refractivity (Wildman–Crippen MR) is 136 cm³/mol. The first kappa shape index (κ1) is 26.1. The number of rotatable bonds is 8. The highest BCUT2D eigenvalue weighted by Crippen LogP contribution is 2.49. The largest absolute Gasteiger partial charge is 0.480 e. The van der Waals surface area contributed by atoms with Gasteiger partial charge in [-0.05, 0) is 43.4 Å². The summed E-state index contributed by atoms with van der Waals surface area (Å²) in [5, 5.41) is 14.0. The van der Waals surface area contributed by atoms with Crippen LogP contribution >= 0.6 is 0 Å². The Morgan fingerprint density at radius 2 is 1.93 bits per heavy atom. The molecule has 0 amide bonds. The monoisotopic (exact) mass is 555 g/mol. The van der Waals surface area contributed by atoms with E-state index < -0.39 is 23.3 Å². The lowest BCUT2D eigenvalue weighted by Crippen LogP contribution is -2.14. The molecule has 2 aliphatic carbocycles. The molecule has 9 nitrogen and oxygen atoms in total. The normalized spacial score (nSPS) is 16.2. The second-order valence-electron chi connectivity index (χ2n) is 10.1. The number of aryl methyl sites for hydroxylation is 1. The van der Waals surface area contributed by atoms with E-state index in [0.29, 0.717) is 47.1 Å². The Balaban J connectivity index is 1.30. The van der Waals surface area contributed by atoms with E-state index in [9.17, 15) is 18.3 Å². The van der Waals surface area contributed by atoms with Crippen LogP contribution in [0.15, 0.2) is 36.9 Å². The highest BCUT2D eigenvalue weighted by atomic mass is 19.4. The average Bonchev–Trinajstić information content (AvgIpc) is 3.86. The van der Waals surface area contributed by atoms with Crippen molar-refractivity contribution in [3.63, 3.8) is 0 Å². The van der Waals surface area contributed by atoms with Gasteiger partial charge in [-0.25, -0.2) is 29.3 Å². The van der Waals surface area contributed by atoms with E-state index in [1.54, 1.807) is 12.3 Å². The highest BCUT2D eigenvalue weighted by Gasteiger charge is 2.45. The van der Waals surface area contributed by atoms with E-state index in [1.807, 2.05) is 0 Å². The molecule has 0 bridgehead atoms. The van der Waals surface area contributed by atoms with Gasteiger partial charge >= 0.3 is 6.18 Å². The van der Waals surface area contributed by atoms with Crippen molar-refractivity contribution >= 4 is 5.82 Å². The van der Waals surface area contributed by atoms with Crippen molar-refractivity contribution in [2.75, 3.05) is 12.4 Å². The van der Waals surface area contributed by atoms with Gasteiger partial charge in [-0.3, -0.25) is 0 Å². The van der Waals surface area contributed by atoms with Crippen LogP contribution in [0.3, 0.4) is 0 Å². The number of aromatic nitrogens is 6. The summed E-state index contributed by atoms with van der Waals surface area (Å²) >= 11 is 0. The Labute approximate surface area is 226 Å². The molecule has 13 heteroatoms. The third-order valence-corrected chi connectivity index (χ3v) is 7.14. The zero-order valence-corrected chi connectivity index (χ0v) is 21.6. The summed E-state index contributed by atoms with van der Waals surface area (Å²) in [7, 11) is 2.89. The van der Waals surface area contributed by atoms with Gasteiger partial charge < -0.3 is 19.7 Å². The van der Waals surface area contributed by atoms with E-state index >= 15 is 4.39 Å². The first-order valence-electron chi connectivity index (χ1n) is 12.7. The molecule has 3 aromatic heterocycles. The maximum Gasteiger partial charge on any atom is 0.434 e. The van der Waals surface area contributed by atoms with Gasteiger partial charge in [0.2, 0.25) is 5.88 Å². The van der Waals surface area contributed by atoms with Crippen LogP contribution in [-0.4, -0.2) is 41.7 Å². The van der Waals surface area contributed by atoms with Crippen LogP contribution < -0.4 is 10.1 Å². The molecule has 0 aliphatic heterocycles. The third-order valence-electron chi connectivity index (χ3n) is 7.14. The van der Waals surface area contributed by atoms with Crippen molar-refractivity contribution in [1.82, 2.24) is 29.5 Å². The average molecular weight is 556 g/mol. The van der Waals surface area contributed by atoms with Gasteiger partial charge in [0.15, 0.2) is 11.5 Å². The number of imidazole rings is 1. The molecule has 208 valence electrons. The molecular formula is C27H25F4N7O2. The first-order chi connectivity index (χ1) is 19.1. The third kappa shape index (κ3) is 4.85.